The second kappa shape index (κ2) is 11.2. The molecule has 0 saturated carbocycles. The van der Waals surface area contributed by atoms with Crippen molar-refractivity contribution in [2.75, 3.05) is 5.32 Å². The third kappa shape index (κ3) is 8.29. The summed E-state index contributed by atoms with van der Waals surface area (Å²) in [6.07, 6.45) is -13.8. The third-order valence-electron chi connectivity index (χ3n) is 4.72. The number of rotatable bonds is 8. The van der Waals surface area contributed by atoms with Crippen molar-refractivity contribution < 1.29 is 74.2 Å². The van der Waals surface area contributed by atoms with Crippen LogP contribution in [0.25, 0.3) is 0 Å². The van der Waals surface area contributed by atoms with Gasteiger partial charge in [-0.15, -0.1) is 26.3 Å². The largest absolute Gasteiger partial charge is 0.573 e. The van der Waals surface area contributed by atoms with Crippen molar-refractivity contribution in [3.8, 4) is 28.7 Å². The van der Waals surface area contributed by atoms with Crippen molar-refractivity contribution >= 4 is 11.6 Å². The fourth-order valence-corrected chi connectivity index (χ4v) is 3.14. The highest BCUT2D eigenvalue weighted by molar-refractivity contribution is 6.07. The normalized spacial score (nSPS) is 12.1. The second-order valence-electron chi connectivity index (χ2n) is 7.92. The first kappa shape index (κ1) is 31.1. The Labute approximate surface area is 223 Å². The van der Waals surface area contributed by atoms with Gasteiger partial charge in [-0.1, -0.05) is 0 Å². The van der Waals surface area contributed by atoms with Gasteiger partial charge < -0.3 is 39.6 Å². The molecule has 222 valence electrons. The number of hydrogen-bond acceptors (Lipinski definition) is 9. The molecule has 2 aromatic carbocycles. The molecule has 10 nitrogen and oxygen atoms in total. The Balaban J connectivity index is 2.16. The van der Waals surface area contributed by atoms with E-state index in [1.165, 1.54) is 26.1 Å². The lowest BCUT2D eigenvalue weighted by molar-refractivity contribution is -0.420. The molecule has 0 aliphatic carbocycles. The Morgan fingerprint density at radius 1 is 0.805 bits per heavy atom. The number of carbonyl (C=O) groups excluding carboxylic acids is 1. The van der Waals surface area contributed by atoms with E-state index in [0.29, 0.717) is 35.5 Å². The number of ether oxygens (including phenoxy) is 4. The molecule has 3 rings (SSSR count). The van der Waals surface area contributed by atoms with Crippen LogP contribution in [0, 0.1) is 25.5 Å². The Bertz CT molecular complexity index is 1460. The second-order valence-corrected chi connectivity index (χ2v) is 7.92. The number of nitrogens with zero attached hydrogens (tertiary/aromatic N) is 1. The molecular formula is C23H16F8N2O8. The number of aliphatic hydroxyl groups is 3. The summed E-state index contributed by atoms with van der Waals surface area (Å²) in [5.41, 5.74) is -0.552. The van der Waals surface area contributed by atoms with Crippen LogP contribution < -0.4 is 24.3 Å². The molecule has 18 heteroatoms. The smallest absolute Gasteiger partial charge is 0.452 e. The molecule has 0 aliphatic rings. The standard InChI is InChI=1S/C23H16F8N2O8/c1-9-8-32-10(2)7-11(9)33-20(34)16-12(3-4-13(17(16)24)39-21(26,27)28)38-15-6-5-14(40-22(29,30)31)18(25)19(15)41-23(35,36)37/h3-8,35-37H,1-2H3,(H,32,33,34). The highest BCUT2D eigenvalue weighted by Gasteiger charge is 2.37. The topological polar surface area (TPSA) is 140 Å². The van der Waals surface area contributed by atoms with E-state index in [2.05, 4.69) is 24.5 Å². The van der Waals surface area contributed by atoms with E-state index >= 15 is 4.39 Å². The van der Waals surface area contributed by atoms with Crippen molar-refractivity contribution in [3.63, 3.8) is 0 Å². The average Bonchev–Trinajstić information content (AvgIpc) is 2.80. The van der Waals surface area contributed by atoms with Gasteiger partial charge in [-0.25, -0.2) is 4.39 Å². The Morgan fingerprint density at radius 3 is 1.85 bits per heavy atom. The number of aromatic nitrogens is 1. The number of halogens is 8. The molecule has 0 unspecified atom stereocenters. The molecule has 1 aromatic heterocycles. The average molecular weight is 600 g/mol. The van der Waals surface area contributed by atoms with E-state index in [-0.39, 0.29) is 5.69 Å². The molecule has 1 heterocycles. The van der Waals surface area contributed by atoms with Gasteiger partial charge in [0, 0.05) is 17.6 Å². The predicted molar refractivity (Wildman–Crippen MR) is 118 cm³/mol. The predicted octanol–water partition coefficient (Wildman–Crippen LogP) is 4.79. The summed E-state index contributed by atoms with van der Waals surface area (Å²) in [4.78, 5) is 17.0. The molecule has 1 amide bonds. The maximum atomic E-state index is 15.3. The van der Waals surface area contributed by atoms with Crippen LogP contribution in [0.1, 0.15) is 21.6 Å². The summed E-state index contributed by atoms with van der Waals surface area (Å²) >= 11 is 0. The SMILES string of the molecule is Cc1cc(NC(=O)c2c(Oc3ccc(OC(F)(F)F)c(F)c3OC(O)(O)O)ccc(OC(F)(F)F)c2F)c(C)cn1. The zero-order chi connectivity index (χ0) is 30.9. The van der Waals surface area contributed by atoms with Gasteiger partial charge in [0.15, 0.2) is 23.1 Å². The first-order chi connectivity index (χ1) is 18.7. The molecule has 0 atom stereocenters. The summed E-state index contributed by atoms with van der Waals surface area (Å²) in [6, 6.07) is 2.95. The Morgan fingerprint density at radius 2 is 1.32 bits per heavy atom. The van der Waals surface area contributed by atoms with Crippen LogP contribution in [0.5, 0.6) is 28.7 Å². The van der Waals surface area contributed by atoms with Crippen LogP contribution in [0.4, 0.5) is 40.8 Å². The van der Waals surface area contributed by atoms with Gasteiger partial charge in [0.1, 0.15) is 11.3 Å². The molecular weight excluding hydrogens is 584 g/mol. The Hall–Kier alpha value is -4.42. The summed E-state index contributed by atoms with van der Waals surface area (Å²) in [6.45, 7) is 2.99. The van der Waals surface area contributed by atoms with Crippen molar-refractivity contribution in [1.82, 2.24) is 4.98 Å². The quantitative estimate of drug-likeness (QED) is 0.212. The van der Waals surface area contributed by atoms with E-state index in [1.54, 1.807) is 0 Å². The summed E-state index contributed by atoms with van der Waals surface area (Å²) in [7, 11) is 0. The van der Waals surface area contributed by atoms with E-state index in [4.69, 9.17) is 20.1 Å². The van der Waals surface area contributed by atoms with Crippen molar-refractivity contribution in [2.45, 2.75) is 32.7 Å². The van der Waals surface area contributed by atoms with Crippen molar-refractivity contribution in [2.24, 2.45) is 0 Å². The molecule has 0 aliphatic heterocycles. The van der Waals surface area contributed by atoms with Crippen LogP contribution in [-0.2, 0) is 0 Å². The molecule has 0 radical (unpaired) electrons. The van der Waals surface area contributed by atoms with E-state index in [0.717, 1.165) is 0 Å². The van der Waals surface area contributed by atoms with Gasteiger partial charge in [0.05, 0.1) is 0 Å². The highest BCUT2D eigenvalue weighted by Crippen LogP contribution is 2.43. The van der Waals surface area contributed by atoms with E-state index in [9.17, 15) is 35.5 Å². The first-order valence-electron chi connectivity index (χ1n) is 10.7. The number of alkyl halides is 6. The number of carbonyl (C=O) groups is 1. The summed E-state index contributed by atoms with van der Waals surface area (Å²) in [5, 5.41) is 29.5. The minimum atomic E-state index is -5.46. The Kier molecular flexibility index (Phi) is 8.51. The molecule has 3 aromatic rings. The number of nitrogens with one attached hydrogen (secondary N) is 1. The van der Waals surface area contributed by atoms with Gasteiger partial charge in [-0.2, -0.15) is 4.39 Å². The summed E-state index contributed by atoms with van der Waals surface area (Å²) in [5.74, 6) is -12.4. The van der Waals surface area contributed by atoms with Gasteiger partial charge in [0.25, 0.3) is 5.91 Å². The maximum absolute atomic E-state index is 15.3. The van der Waals surface area contributed by atoms with Crippen molar-refractivity contribution in [1.29, 1.82) is 0 Å². The monoisotopic (exact) mass is 600 g/mol. The number of hydrogen-bond donors (Lipinski definition) is 4. The first-order valence-corrected chi connectivity index (χ1v) is 10.7. The number of anilines is 1. The van der Waals surface area contributed by atoms with Crippen LogP contribution in [-0.4, -0.2) is 45.1 Å². The van der Waals surface area contributed by atoms with Gasteiger partial charge in [-0.05, 0) is 49.7 Å². The lowest BCUT2D eigenvalue weighted by Gasteiger charge is -2.21. The van der Waals surface area contributed by atoms with Gasteiger partial charge >= 0.3 is 18.9 Å². The molecule has 0 spiro atoms. The zero-order valence-corrected chi connectivity index (χ0v) is 20.3. The van der Waals surface area contributed by atoms with Crippen LogP contribution in [0.15, 0.2) is 36.5 Å². The third-order valence-corrected chi connectivity index (χ3v) is 4.72. The zero-order valence-electron chi connectivity index (χ0n) is 20.3. The minimum absolute atomic E-state index is 0.0318. The van der Waals surface area contributed by atoms with Gasteiger partial charge in [0.2, 0.25) is 11.6 Å². The lowest BCUT2D eigenvalue weighted by atomic mass is 10.1. The molecule has 0 fully saturated rings. The molecule has 4 N–H and O–H groups in total. The number of pyridine rings is 1. The molecule has 0 saturated heterocycles. The maximum Gasteiger partial charge on any atom is 0.573 e. The van der Waals surface area contributed by atoms with E-state index < -0.39 is 70.7 Å². The fourth-order valence-electron chi connectivity index (χ4n) is 3.14. The number of benzene rings is 2. The van der Waals surface area contributed by atoms with Crippen LogP contribution in [0.2, 0.25) is 0 Å². The van der Waals surface area contributed by atoms with Crippen LogP contribution in [0.3, 0.4) is 0 Å². The number of amides is 1. The van der Waals surface area contributed by atoms with Gasteiger partial charge in [-0.3, -0.25) is 9.78 Å². The molecule has 41 heavy (non-hydrogen) atoms. The minimum Gasteiger partial charge on any atom is -0.452 e. The number of aryl methyl sites for hydroxylation is 2. The highest BCUT2D eigenvalue weighted by atomic mass is 19.4. The summed E-state index contributed by atoms with van der Waals surface area (Å²) < 4.78 is 123. The van der Waals surface area contributed by atoms with E-state index in [1.807, 2.05) is 0 Å². The molecule has 0 bridgehead atoms. The fraction of sp³-hybridized carbons (Fsp3) is 0.217. The lowest BCUT2D eigenvalue weighted by Crippen LogP contribution is -2.35. The van der Waals surface area contributed by atoms with Crippen molar-refractivity contribution in [3.05, 3.63) is 65.0 Å². The van der Waals surface area contributed by atoms with Crippen LogP contribution >= 0.6 is 0 Å².